The quantitative estimate of drug-likeness (QED) is 0.0209. The molecule has 1 amide bonds. The molecule has 0 saturated carbocycles. The fourth-order valence-electron chi connectivity index (χ4n) is 6.54. The van der Waals surface area contributed by atoms with Crippen LogP contribution in [-0.4, -0.2) is 84.6 Å². The molecule has 0 fully saturated rings. The second-order valence-electron chi connectivity index (χ2n) is 17.2. The number of carbonyl (C=O) groups is 1. The standard InChI is InChI=1S/C49H91N2O7P/c1-6-8-10-12-14-16-18-20-21-22-23-24-25-26-27-28-29-30-32-34-36-38-40-42-48(53)50-46(45-58-59(55,56)57-44-43-51(3,4)5)49(54)47(52)41-39-37-35-33-31-19-17-15-13-11-9-7-2/h8,10,14,16,20-21,23-24,33,35,46-47,49,52,54H,6-7,9,11-13,15,17-19,22,25-32,34,36-45H2,1-5H3,(H-,50,53,55,56)/p+1/b10-8-,16-14-,21-20-,24-23-,35-33+. The predicted octanol–water partition coefficient (Wildman–Crippen LogP) is 12.4. The molecule has 0 spiro atoms. The van der Waals surface area contributed by atoms with Crippen molar-refractivity contribution in [2.24, 2.45) is 0 Å². The Bertz CT molecular complexity index is 1160. The Morgan fingerprint density at radius 2 is 1.05 bits per heavy atom. The third kappa shape index (κ3) is 41.3. The van der Waals surface area contributed by atoms with E-state index in [1.807, 2.05) is 21.1 Å². The van der Waals surface area contributed by atoms with E-state index in [9.17, 15) is 24.5 Å². The van der Waals surface area contributed by atoms with Crippen LogP contribution in [0.4, 0.5) is 0 Å². The van der Waals surface area contributed by atoms with Gasteiger partial charge in [0, 0.05) is 6.42 Å². The monoisotopic (exact) mass is 852 g/mol. The first-order valence-electron chi connectivity index (χ1n) is 23.7. The smallest absolute Gasteiger partial charge is 0.390 e. The summed E-state index contributed by atoms with van der Waals surface area (Å²) >= 11 is 0. The molecule has 0 aromatic carbocycles. The Balaban J connectivity index is 4.41. The highest BCUT2D eigenvalue weighted by Gasteiger charge is 2.31. The molecule has 0 heterocycles. The summed E-state index contributed by atoms with van der Waals surface area (Å²) in [6, 6.07) is -1.05. The molecule has 0 aliphatic heterocycles. The fraction of sp³-hybridized carbons (Fsp3) is 0.776. The summed E-state index contributed by atoms with van der Waals surface area (Å²) in [7, 11) is 1.41. The first kappa shape index (κ1) is 57.2. The molecule has 0 saturated heterocycles. The lowest BCUT2D eigenvalue weighted by Gasteiger charge is -2.28. The van der Waals surface area contributed by atoms with Gasteiger partial charge < -0.3 is 24.9 Å². The van der Waals surface area contributed by atoms with Crippen LogP contribution in [0.15, 0.2) is 60.8 Å². The summed E-state index contributed by atoms with van der Waals surface area (Å²) in [4.78, 5) is 23.2. The molecule has 4 atom stereocenters. The second kappa shape index (κ2) is 40.2. The number of hydrogen-bond donors (Lipinski definition) is 4. The van der Waals surface area contributed by atoms with Crippen LogP contribution in [0.5, 0.6) is 0 Å². The minimum Gasteiger partial charge on any atom is -0.390 e. The Labute approximate surface area is 363 Å². The predicted molar refractivity (Wildman–Crippen MR) is 250 cm³/mol. The average Bonchev–Trinajstić information content (AvgIpc) is 3.19. The number of aliphatic hydroxyl groups excluding tert-OH is 2. The first-order chi connectivity index (χ1) is 28.4. The van der Waals surface area contributed by atoms with E-state index in [-0.39, 0.29) is 18.9 Å². The van der Waals surface area contributed by atoms with Crippen molar-refractivity contribution in [3.63, 3.8) is 0 Å². The van der Waals surface area contributed by atoms with Gasteiger partial charge in [-0.15, -0.1) is 0 Å². The Morgan fingerprint density at radius 3 is 1.56 bits per heavy atom. The van der Waals surface area contributed by atoms with Crippen molar-refractivity contribution < 1.29 is 38.0 Å². The largest absolute Gasteiger partial charge is 0.472 e. The number of likely N-dealkylation sites (N-methyl/N-ethyl adjacent to an activating group) is 1. The second-order valence-corrected chi connectivity index (χ2v) is 18.7. The molecular formula is C49H92N2O7P+. The highest BCUT2D eigenvalue weighted by molar-refractivity contribution is 7.47. The van der Waals surface area contributed by atoms with E-state index in [1.54, 1.807) is 0 Å². The lowest BCUT2D eigenvalue weighted by Crippen LogP contribution is -2.51. The number of phosphoric ester groups is 1. The summed E-state index contributed by atoms with van der Waals surface area (Å²) in [5.74, 6) is -0.276. The van der Waals surface area contributed by atoms with Gasteiger partial charge in [0.25, 0.3) is 0 Å². The SMILES string of the molecule is CC/C=C\C/C=C\C/C=C\C/C=C\CCCCCCCCCCCCC(=O)NC(COP(=O)(O)OCC[N+](C)(C)C)C(O)C(O)CCC/C=C/CCCCCCCCC. The summed E-state index contributed by atoms with van der Waals surface area (Å²) in [6.07, 6.45) is 48.6. The number of hydrogen-bond acceptors (Lipinski definition) is 6. The van der Waals surface area contributed by atoms with E-state index in [0.717, 1.165) is 64.2 Å². The van der Waals surface area contributed by atoms with Crippen LogP contribution in [0.3, 0.4) is 0 Å². The van der Waals surface area contributed by atoms with Crippen molar-refractivity contribution in [1.82, 2.24) is 5.32 Å². The molecule has 9 nitrogen and oxygen atoms in total. The van der Waals surface area contributed by atoms with Gasteiger partial charge in [0.05, 0.1) is 39.9 Å². The maximum Gasteiger partial charge on any atom is 0.472 e. The van der Waals surface area contributed by atoms with E-state index in [0.29, 0.717) is 30.3 Å². The number of unbranched alkanes of at least 4 members (excludes halogenated alkanes) is 18. The van der Waals surface area contributed by atoms with Crippen molar-refractivity contribution in [2.45, 2.75) is 205 Å². The normalized spacial score (nSPS) is 15.3. The first-order valence-corrected chi connectivity index (χ1v) is 25.2. The lowest BCUT2D eigenvalue weighted by molar-refractivity contribution is -0.870. The zero-order valence-corrected chi connectivity index (χ0v) is 39.5. The van der Waals surface area contributed by atoms with Crippen LogP contribution in [0.1, 0.15) is 187 Å². The van der Waals surface area contributed by atoms with E-state index in [4.69, 9.17) is 9.05 Å². The molecule has 59 heavy (non-hydrogen) atoms. The van der Waals surface area contributed by atoms with Gasteiger partial charge in [0.2, 0.25) is 5.91 Å². The zero-order chi connectivity index (χ0) is 43.7. The van der Waals surface area contributed by atoms with Gasteiger partial charge in [-0.2, -0.15) is 0 Å². The third-order valence-electron chi connectivity index (χ3n) is 10.3. The van der Waals surface area contributed by atoms with Crippen LogP contribution < -0.4 is 5.32 Å². The van der Waals surface area contributed by atoms with Crippen LogP contribution in [0.2, 0.25) is 0 Å². The van der Waals surface area contributed by atoms with Crippen LogP contribution in [-0.2, 0) is 18.4 Å². The molecule has 0 aromatic heterocycles. The molecular weight excluding hydrogens is 760 g/mol. The van der Waals surface area contributed by atoms with Gasteiger partial charge in [0.1, 0.15) is 19.3 Å². The Morgan fingerprint density at radius 1 is 0.610 bits per heavy atom. The summed E-state index contributed by atoms with van der Waals surface area (Å²) in [6.45, 7) is 4.45. The summed E-state index contributed by atoms with van der Waals surface area (Å²) in [5, 5.41) is 24.7. The number of nitrogens with zero attached hydrogens (tertiary/aromatic N) is 1. The number of allylic oxidation sites excluding steroid dienone is 10. The summed E-state index contributed by atoms with van der Waals surface area (Å²) in [5.41, 5.74) is 0. The van der Waals surface area contributed by atoms with Crippen molar-refractivity contribution >= 4 is 13.7 Å². The fourth-order valence-corrected chi connectivity index (χ4v) is 7.28. The number of aliphatic hydroxyl groups is 2. The topological polar surface area (TPSA) is 125 Å². The molecule has 0 aliphatic carbocycles. The number of quaternary nitrogens is 1. The molecule has 0 radical (unpaired) electrons. The van der Waals surface area contributed by atoms with Gasteiger partial charge in [-0.05, 0) is 77.0 Å². The van der Waals surface area contributed by atoms with Crippen molar-refractivity contribution in [3.05, 3.63) is 60.8 Å². The maximum atomic E-state index is 12.9. The van der Waals surface area contributed by atoms with E-state index < -0.39 is 32.7 Å². The highest BCUT2D eigenvalue weighted by Crippen LogP contribution is 2.43. The molecule has 0 bridgehead atoms. The Kier molecular flexibility index (Phi) is 39.0. The van der Waals surface area contributed by atoms with E-state index >= 15 is 0 Å². The van der Waals surface area contributed by atoms with Gasteiger partial charge in [0.15, 0.2) is 0 Å². The van der Waals surface area contributed by atoms with Gasteiger partial charge in [-0.1, -0.05) is 164 Å². The van der Waals surface area contributed by atoms with Gasteiger partial charge >= 0.3 is 7.82 Å². The molecule has 10 heteroatoms. The molecule has 0 aliphatic rings. The number of phosphoric acid groups is 1. The molecule has 0 aromatic rings. The molecule has 0 rings (SSSR count). The maximum absolute atomic E-state index is 12.9. The molecule has 4 N–H and O–H groups in total. The van der Waals surface area contributed by atoms with Crippen molar-refractivity contribution in [2.75, 3.05) is 40.9 Å². The van der Waals surface area contributed by atoms with E-state index in [2.05, 4.69) is 79.9 Å². The van der Waals surface area contributed by atoms with Crippen molar-refractivity contribution in [3.8, 4) is 0 Å². The van der Waals surface area contributed by atoms with Crippen LogP contribution in [0, 0.1) is 0 Å². The minimum atomic E-state index is -4.43. The van der Waals surface area contributed by atoms with Gasteiger partial charge in [-0.25, -0.2) is 4.57 Å². The van der Waals surface area contributed by atoms with Crippen LogP contribution in [0.25, 0.3) is 0 Å². The molecule has 344 valence electrons. The van der Waals surface area contributed by atoms with Crippen molar-refractivity contribution in [1.29, 1.82) is 0 Å². The third-order valence-corrected chi connectivity index (χ3v) is 11.3. The minimum absolute atomic E-state index is 0.0131. The summed E-state index contributed by atoms with van der Waals surface area (Å²) < 4.78 is 23.5. The number of rotatable bonds is 42. The number of amides is 1. The number of nitrogens with one attached hydrogen (secondary N) is 1. The number of carbonyl (C=O) groups excluding carboxylic acids is 1. The zero-order valence-electron chi connectivity index (χ0n) is 38.6. The van der Waals surface area contributed by atoms with Gasteiger partial charge in [-0.3, -0.25) is 13.8 Å². The van der Waals surface area contributed by atoms with E-state index in [1.165, 1.54) is 83.5 Å². The lowest BCUT2D eigenvalue weighted by atomic mass is 10.0. The highest BCUT2D eigenvalue weighted by atomic mass is 31.2. The Hall–Kier alpha value is -1.84. The molecule has 4 unspecified atom stereocenters. The van der Waals surface area contributed by atoms with Crippen LogP contribution >= 0.6 is 7.82 Å². The average molecular weight is 852 g/mol.